The Morgan fingerprint density at radius 1 is 1.21 bits per heavy atom. The van der Waals surface area contributed by atoms with Gasteiger partial charge in [0.1, 0.15) is 0 Å². The molecular formula is C12H16N2. The molecule has 0 radical (unpaired) electrons. The summed E-state index contributed by atoms with van der Waals surface area (Å²) in [5.41, 5.74) is 2.59. The summed E-state index contributed by atoms with van der Waals surface area (Å²) in [7, 11) is 0. The third-order valence-electron chi connectivity index (χ3n) is 2.43. The Labute approximate surface area is 84.5 Å². The molecule has 0 fully saturated rings. The van der Waals surface area contributed by atoms with Crippen molar-refractivity contribution in [3.05, 3.63) is 30.0 Å². The first kappa shape index (κ1) is 9.25. The number of fused-ring (bicyclic) bond motifs is 1. The third-order valence-corrected chi connectivity index (χ3v) is 2.43. The van der Waals surface area contributed by atoms with Crippen LogP contribution in [0.2, 0.25) is 0 Å². The highest BCUT2D eigenvalue weighted by Crippen LogP contribution is 2.23. The molecule has 1 aromatic carbocycles. The van der Waals surface area contributed by atoms with E-state index in [0.29, 0.717) is 0 Å². The first-order chi connectivity index (χ1) is 6.50. The van der Waals surface area contributed by atoms with Crippen molar-refractivity contribution in [2.45, 2.75) is 33.2 Å². The van der Waals surface area contributed by atoms with E-state index < -0.39 is 0 Å². The van der Waals surface area contributed by atoms with Crippen molar-refractivity contribution in [1.29, 1.82) is 0 Å². The van der Waals surface area contributed by atoms with Gasteiger partial charge in [0.05, 0.1) is 17.3 Å². The summed E-state index contributed by atoms with van der Waals surface area (Å²) in [6.07, 6.45) is 1.94. The first-order valence-electron chi connectivity index (χ1n) is 4.94. The minimum atomic E-state index is 0.0495. The van der Waals surface area contributed by atoms with Crippen molar-refractivity contribution < 1.29 is 0 Å². The van der Waals surface area contributed by atoms with E-state index in [0.717, 1.165) is 0 Å². The molecule has 2 rings (SSSR count). The molecule has 1 aromatic heterocycles. The maximum Gasteiger partial charge on any atom is 0.0717 e. The molecule has 0 atom stereocenters. The van der Waals surface area contributed by atoms with E-state index in [4.69, 9.17) is 0 Å². The van der Waals surface area contributed by atoms with Gasteiger partial charge < -0.3 is 0 Å². The van der Waals surface area contributed by atoms with Crippen molar-refractivity contribution in [1.82, 2.24) is 9.78 Å². The van der Waals surface area contributed by atoms with Crippen LogP contribution in [0.15, 0.2) is 24.4 Å². The standard InChI is InChI=1S/C12H16N2/c1-9-6-5-7-10-8-13-14(11(9)10)12(2,3)4/h5-8H,1-4H3. The smallest absolute Gasteiger partial charge is 0.0717 e. The summed E-state index contributed by atoms with van der Waals surface area (Å²) in [5.74, 6) is 0. The highest BCUT2D eigenvalue weighted by molar-refractivity contribution is 5.81. The van der Waals surface area contributed by atoms with E-state index in [-0.39, 0.29) is 5.54 Å². The van der Waals surface area contributed by atoms with Gasteiger partial charge in [-0.15, -0.1) is 0 Å². The molecule has 2 heteroatoms. The molecule has 1 heterocycles. The molecule has 0 aliphatic rings. The number of para-hydroxylation sites is 1. The molecule has 0 aliphatic heterocycles. The number of rotatable bonds is 0. The largest absolute Gasteiger partial charge is 0.259 e. The second-order valence-corrected chi connectivity index (χ2v) is 4.74. The van der Waals surface area contributed by atoms with E-state index in [9.17, 15) is 0 Å². The molecule has 0 aliphatic carbocycles. The van der Waals surface area contributed by atoms with Gasteiger partial charge in [-0.2, -0.15) is 5.10 Å². The molecule has 2 aromatic rings. The Hall–Kier alpha value is -1.31. The van der Waals surface area contributed by atoms with Crippen LogP contribution in [0.25, 0.3) is 10.9 Å². The average Bonchev–Trinajstić information content (AvgIpc) is 2.47. The van der Waals surface area contributed by atoms with E-state index in [1.54, 1.807) is 0 Å². The van der Waals surface area contributed by atoms with Gasteiger partial charge in [-0.25, -0.2) is 0 Å². The molecule has 0 saturated heterocycles. The molecule has 14 heavy (non-hydrogen) atoms. The van der Waals surface area contributed by atoms with Crippen LogP contribution in [-0.4, -0.2) is 9.78 Å². The highest BCUT2D eigenvalue weighted by atomic mass is 15.3. The first-order valence-corrected chi connectivity index (χ1v) is 4.94. The predicted molar refractivity (Wildman–Crippen MR) is 59.5 cm³/mol. The van der Waals surface area contributed by atoms with Crippen LogP contribution >= 0.6 is 0 Å². The van der Waals surface area contributed by atoms with Crippen molar-refractivity contribution in [2.75, 3.05) is 0 Å². The van der Waals surface area contributed by atoms with Gasteiger partial charge in [-0.05, 0) is 33.3 Å². The van der Waals surface area contributed by atoms with Crippen LogP contribution in [0.4, 0.5) is 0 Å². The number of nitrogens with zero attached hydrogens (tertiary/aromatic N) is 2. The summed E-state index contributed by atoms with van der Waals surface area (Å²) < 4.78 is 2.09. The summed E-state index contributed by atoms with van der Waals surface area (Å²) in [5, 5.41) is 5.67. The topological polar surface area (TPSA) is 17.8 Å². The normalized spacial score (nSPS) is 12.3. The summed E-state index contributed by atoms with van der Waals surface area (Å²) in [6, 6.07) is 6.32. The van der Waals surface area contributed by atoms with Gasteiger partial charge in [-0.3, -0.25) is 4.68 Å². The lowest BCUT2D eigenvalue weighted by atomic mass is 10.1. The average molecular weight is 188 g/mol. The van der Waals surface area contributed by atoms with Crippen LogP contribution in [0.3, 0.4) is 0 Å². The molecule has 0 spiro atoms. The van der Waals surface area contributed by atoms with Crippen LogP contribution in [0.1, 0.15) is 26.3 Å². The Kier molecular flexibility index (Phi) is 1.88. The molecule has 2 nitrogen and oxygen atoms in total. The van der Waals surface area contributed by atoms with Crippen LogP contribution in [-0.2, 0) is 5.54 Å². The molecular weight excluding hydrogens is 172 g/mol. The Balaban J connectivity index is 2.80. The zero-order chi connectivity index (χ0) is 10.3. The fourth-order valence-electron chi connectivity index (χ4n) is 1.76. The number of aromatic nitrogens is 2. The molecule has 0 amide bonds. The minimum Gasteiger partial charge on any atom is -0.259 e. The fourth-order valence-corrected chi connectivity index (χ4v) is 1.76. The molecule has 0 saturated carbocycles. The Bertz CT molecular complexity index is 461. The van der Waals surface area contributed by atoms with Crippen molar-refractivity contribution in [3.8, 4) is 0 Å². The summed E-state index contributed by atoms with van der Waals surface area (Å²) >= 11 is 0. The number of benzene rings is 1. The van der Waals surface area contributed by atoms with Crippen LogP contribution < -0.4 is 0 Å². The van der Waals surface area contributed by atoms with Gasteiger partial charge in [0.15, 0.2) is 0 Å². The van der Waals surface area contributed by atoms with Crippen LogP contribution in [0, 0.1) is 6.92 Å². The van der Waals surface area contributed by atoms with E-state index >= 15 is 0 Å². The summed E-state index contributed by atoms with van der Waals surface area (Å²) in [6.45, 7) is 8.65. The monoisotopic (exact) mass is 188 g/mol. The highest BCUT2D eigenvalue weighted by Gasteiger charge is 2.17. The van der Waals surface area contributed by atoms with Crippen molar-refractivity contribution >= 4 is 10.9 Å². The predicted octanol–water partition coefficient (Wildman–Crippen LogP) is 3.10. The van der Waals surface area contributed by atoms with Crippen molar-refractivity contribution in [2.24, 2.45) is 0 Å². The Morgan fingerprint density at radius 2 is 1.93 bits per heavy atom. The lowest BCUT2D eigenvalue weighted by Crippen LogP contribution is -2.23. The lowest BCUT2D eigenvalue weighted by molar-refractivity contribution is 0.368. The maximum atomic E-state index is 4.44. The maximum absolute atomic E-state index is 4.44. The quantitative estimate of drug-likeness (QED) is 0.621. The lowest BCUT2D eigenvalue weighted by Gasteiger charge is -2.21. The molecule has 0 N–H and O–H groups in total. The van der Waals surface area contributed by atoms with Crippen molar-refractivity contribution in [3.63, 3.8) is 0 Å². The minimum absolute atomic E-state index is 0.0495. The molecule has 0 bridgehead atoms. The van der Waals surface area contributed by atoms with Gasteiger partial charge in [0.2, 0.25) is 0 Å². The second kappa shape index (κ2) is 2.84. The van der Waals surface area contributed by atoms with E-state index in [1.807, 2.05) is 6.20 Å². The van der Waals surface area contributed by atoms with Crippen LogP contribution in [0.5, 0.6) is 0 Å². The van der Waals surface area contributed by atoms with E-state index in [2.05, 4.69) is 55.7 Å². The second-order valence-electron chi connectivity index (χ2n) is 4.74. The third kappa shape index (κ3) is 1.31. The van der Waals surface area contributed by atoms with Gasteiger partial charge in [0, 0.05) is 5.39 Å². The summed E-state index contributed by atoms with van der Waals surface area (Å²) in [4.78, 5) is 0. The SMILES string of the molecule is Cc1cccc2cnn(C(C)(C)C)c12. The zero-order valence-electron chi connectivity index (χ0n) is 9.20. The molecule has 0 unspecified atom stereocenters. The fraction of sp³-hybridized carbons (Fsp3) is 0.417. The Morgan fingerprint density at radius 3 is 2.57 bits per heavy atom. The van der Waals surface area contributed by atoms with Gasteiger partial charge >= 0.3 is 0 Å². The van der Waals surface area contributed by atoms with Gasteiger partial charge in [-0.1, -0.05) is 18.2 Å². The zero-order valence-corrected chi connectivity index (χ0v) is 9.20. The number of aryl methyl sites for hydroxylation is 1. The van der Waals surface area contributed by atoms with E-state index in [1.165, 1.54) is 16.5 Å². The number of hydrogen-bond acceptors (Lipinski definition) is 1. The van der Waals surface area contributed by atoms with Gasteiger partial charge in [0.25, 0.3) is 0 Å². The number of hydrogen-bond donors (Lipinski definition) is 0. The molecule has 74 valence electrons.